The van der Waals surface area contributed by atoms with E-state index in [2.05, 4.69) is 0 Å². The summed E-state index contributed by atoms with van der Waals surface area (Å²) in [6, 6.07) is 0. The zero-order valence-corrected chi connectivity index (χ0v) is 9.89. The van der Waals surface area contributed by atoms with Crippen LogP contribution in [-0.2, 0) is 0 Å². The van der Waals surface area contributed by atoms with Gasteiger partial charge in [-0.1, -0.05) is 0 Å². The maximum atomic E-state index is 10.4. The van der Waals surface area contributed by atoms with E-state index in [1.165, 1.54) is 32.1 Å². The molecule has 0 aromatic carbocycles. The molecule has 0 radical (unpaired) electrons. The molecule has 0 aromatic heterocycles. The molecular formula is C15H22O. The van der Waals surface area contributed by atoms with E-state index in [0.717, 1.165) is 41.4 Å². The number of aliphatic hydroxyl groups excluding tert-OH is 1. The molecule has 7 fully saturated rings. The normalized spacial score (nSPS) is 69.9. The lowest BCUT2D eigenvalue weighted by Crippen LogP contribution is -2.56. The first kappa shape index (κ1) is 8.97. The summed E-state index contributed by atoms with van der Waals surface area (Å²) >= 11 is 0. The van der Waals surface area contributed by atoms with Crippen LogP contribution >= 0.6 is 0 Å². The molecule has 0 spiro atoms. The van der Waals surface area contributed by atoms with Gasteiger partial charge in [-0.05, 0) is 85.9 Å². The highest BCUT2D eigenvalue weighted by atomic mass is 16.3. The molecule has 1 N–H and O–H groups in total. The van der Waals surface area contributed by atoms with Crippen molar-refractivity contribution in [1.29, 1.82) is 0 Å². The van der Waals surface area contributed by atoms with Gasteiger partial charge in [0.05, 0.1) is 6.10 Å². The van der Waals surface area contributed by atoms with Gasteiger partial charge in [0.25, 0.3) is 0 Å². The molecule has 5 unspecified atom stereocenters. The molecule has 0 aliphatic heterocycles. The highest BCUT2D eigenvalue weighted by molar-refractivity contribution is 5.11. The Hall–Kier alpha value is -0.0400. The Morgan fingerprint density at radius 3 is 1.56 bits per heavy atom. The Morgan fingerprint density at radius 1 is 0.562 bits per heavy atom. The van der Waals surface area contributed by atoms with Gasteiger partial charge in [-0.15, -0.1) is 0 Å². The SMILES string of the molecule is OC1CC2C3CC4CC2C2CC1CC3C2C4. The standard InChI is InChI=1S/C15H22O/c16-15-6-14-10-2-7-1-9-12(10)4-8(15)5-13(9)11(14)3-7/h7-16H,1-6H2. The van der Waals surface area contributed by atoms with Crippen molar-refractivity contribution in [3.05, 3.63) is 0 Å². The smallest absolute Gasteiger partial charge is 0.0571 e. The Bertz CT molecular complexity index is 314. The van der Waals surface area contributed by atoms with Crippen molar-refractivity contribution in [1.82, 2.24) is 0 Å². The summed E-state index contributed by atoms with van der Waals surface area (Å²) in [7, 11) is 0. The zero-order valence-electron chi connectivity index (χ0n) is 9.89. The van der Waals surface area contributed by atoms with Crippen molar-refractivity contribution in [2.45, 2.75) is 44.6 Å². The van der Waals surface area contributed by atoms with Gasteiger partial charge in [0.2, 0.25) is 0 Å². The Kier molecular flexibility index (Phi) is 1.50. The lowest BCUT2D eigenvalue weighted by atomic mass is 9.41. The van der Waals surface area contributed by atoms with E-state index in [1.54, 1.807) is 6.42 Å². The number of fused-ring (bicyclic) bond motifs is 1. The summed E-state index contributed by atoms with van der Waals surface area (Å²) in [5.74, 6) is 7.98. The molecule has 0 heterocycles. The van der Waals surface area contributed by atoms with E-state index in [0.29, 0.717) is 5.92 Å². The van der Waals surface area contributed by atoms with Crippen LogP contribution in [0.25, 0.3) is 0 Å². The third kappa shape index (κ3) is 0.868. The third-order valence-electron chi connectivity index (χ3n) is 7.32. The Balaban J connectivity index is 1.67. The second-order valence-electron chi connectivity index (χ2n) is 7.59. The van der Waals surface area contributed by atoms with Crippen LogP contribution in [0.1, 0.15) is 38.5 Å². The fourth-order valence-electron chi connectivity index (χ4n) is 7.03. The molecule has 1 nitrogen and oxygen atoms in total. The van der Waals surface area contributed by atoms with Crippen molar-refractivity contribution in [2.75, 3.05) is 0 Å². The highest BCUT2D eigenvalue weighted by Gasteiger charge is 2.62. The van der Waals surface area contributed by atoms with E-state index in [1.807, 2.05) is 0 Å². The molecule has 8 bridgehead atoms. The quantitative estimate of drug-likeness (QED) is 0.663. The van der Waals surface area contributed by atoms with E-state index in [4.69, 9.17) is 0 Å². The van der Waals surface area contributed by atoms with Crippen LogP contribution in [-0.4, -0.2) is 11.2 Å². The first-order valence-corrected chi connectivity index (χ1v) is 7.49. The minimum absolute atomic E-state index is 0.0700. The molecule has 5 atom stereocenters. The first-order chi connectivity index (χ1) is 7.81. The summed E-state index contributed by atoms with van der Waals surface area (Å²) in [4.78, 5) is 0. The lowest BCUT2D eigenvalue weighted by molar-refractivity contribution is -0.147. The van der Waals surface area contributed by atoms with Crippen molar-refractivity contribution in [3.63, 3.8) is 0 Å². The summed E-state index contributed by atoms with van der Waals surface area (Å²) in [6.07, 6.45) is 8.67. The molecule has 88 valence electrons. The minimum atomic E-state index is 0.0700. The Morgan fingerprint density at radius 2 is 1.00 bits per heavy atom. The topological polar surface area (TPSA) is 20.2 Å². The van der Waals surface area contributed by atoms with Gasteiger partial charge < -0.3 is 5.11 Å². The molecule has 7 rings (SSSR count). The second kappa shape index (κ2) is 2.68. The van der Waals surface area contributed by atoms with Crippen molar-refractivity contribution >= 4 is 0 Å². The Labute approximate surface area is 97.6 Å². The van der Waals surface area contributed by atoms with E-state index < -0.39 is 0 Å². The average molecular weight is 218 g/mol. The van der Waals surface area contributed by atoms with Crippen molar-refractivity contribution in [2.24, 2.45) is 47.3 Å². The molecule has 0 amide bonds. The van der Waals surface area contributed by atoms with Gasteiger partial charge in [0.1, 0.15) is 0 Å². The zero-order chi connectivity index (χ0) is 10.4. The van der Waals surface area contributed by atoms with Gasteiger partial charge >= 0.3 is 0 Å². The predicted octanol–water partition coefficient (Wildman–Crippen LogP) is 2.69. The number of hydrogen-bond donors (Lipinski definition) is 1. The first-order valence-electron chi connectivity index (χ1n) is 7.49. The fraction of sp³-hybridized carbons (Fsp3) is 1.00. The number of hydrogen-bond acceptors (Lipinski definition) is 1. The van der Waals surface area contributed by atoms with Crippen LogP contribution in [0.15, 0.2) is 0 Å². The summed E-state index contributed by atoms with van der Waals surface area (Å²) in [5.41, 5.74) is 0. The largest absolute Gasteiger partial charge is 0.393 e. The van der Waals surface area contributed by atoms with Gasteiger partial charge in [-0.2, -0.15) is 0 Å². The van der Waals surface area contributed by atoms with Crippen LogP contribution in [0, 0.1) is 47.3 Å². The molecular weight excluding hydrogens is 196 g/mol. The average Bonchev–Trinajstić information content (AvgIpc) is 2.50. The number of aliphatic hydroxyl groups is 1. The van der Waals surface area contributed by atoms with Gasteiger partial charge in [0, 0.05) is 0 Å². The fourth-order valence-corrected chi connectivity index (χ4v) is 7.03. The van der Waals surface area contributed by atoms with Crippen LogP contribution in [0.5, 0.6) is 0 Å². The van der Waals surface area contributed by atoms with Crippen LogP contribution in [0.2, 0.25) is 0 Å². The summed E-state index contributed by atoms with van der Waals surface area (Å²) in [6.45, 7) is 0. The minimum Gasteiger partial charge on any atom is -0.393 e. The van der Waals surface area contributed by atoms with Gasteiger partial charge in [-0.25, -0.2) is 0 Å². The molecule has 1 heteroatoms. The number of rotatable bonds is 0. The van der Waals surface area contributed by atoms with Crippen LogP contribution in [0.3, 0.4) is 0 Å². The van der Waals surface area contributed by atoms with Crippen LogP contribution in [0.4, 0.5) is 0 Å². The van der Waals surface area contributed by atoms with Gasteiger partial charge in [-0.3, -0.25) is 0 Å². The molecule has 7 aliphatic rings. The molecule has 0 saturated heterocycles. The van der Waals surface area contributed by atoms with Crippen molar-refractivity contribution in [3.8, 4) is 0 Å². The molecule has 0 aromatic rings. The van der Waals surface area contributed by atoms with E-state index >= 15 is 0 Å². The third-order valence-corrected chi connectivity index (χ3v) is 7.32. The summed E-state index contributed by atoms with van der Waals surface area (Å²) < 4.78 is 0. The molecule has 7 saturated carbocycles. The summed E-state index contributed by atoms with van der Waals surface area (Å²) in [5, 5.41) is 10.4. The maximum Gasteiger partial charge on any atom is 0.0571 e. The maximum absolute atomic E-state index is 10.4. The van der Waals surface area contributed by atoms with E-state index in [9.17, 15) is 5.11 Å². The molecule has 16 heavy (non-hydrogen) atoms. The lowest BCUT2D eigenvalue weighted by Gasteiger charge is -2.63. The monoisotopic (exact) mass is 218 g/mol. The predicted molar refractivity (Wildman–Crippen MR) is 61.6 cm³/mol. The van der Waals surface area contributed by atoms with Crippen molar-refractivity contribution < 1.29 is 5.11 Å². The van der Waals surface area contributed by atoms with Crippen LogP contribution < -0.4 is 0 Å². The van der Waals surface area contributed by atoms with E-state index in [-0.39, 0.29) is 6.10 Å². The highest BCUT2D eigenvalue weighted by Crippen LogP contribution is 2.69. The second-order valence-corrected chi connectivity index (χ2v) is 7.59. The molecule has 7 aliphatic carbocycles. The van der Waals surface area contributed by atoms with Gasteiger partial charge in [0.15, 0.2) is 0 Å².